The van der Waals surface area contributed by atoms with Crippen molar-refractivity contribution in [2.45, 2.75) is 25.6 Å². The van der Waals surface area contributed by atoms with Gasteiger partial charge in [-0.2, -0.15) is 5.10 Å². The van der Waals surface area contributed by atoms with Crippen LogP contribution in [0.3, 0.4) is 0 Å². The summed E-state index contributed by atoms with van der Waals surface area (Å²) in [5.74, 6) is -0.617. The molecule has 0 spiro atoms. The minimum atomic E-state index is -0.817. The summed E-state index contributed by atoms with van der Waals surface area (Å²) < 4.78 is 35.1. The van der Waals surface area contributed by atoms with Crippen molar-refractivity contribution in [3.05, 3.63) is 65.5 Å². The topological polar surface area (TPSA) is 33.0 Å². The van der Waals surface area contributed by atoms with Crippen molar-refractivity contribution in [3.8, 4) is 5.75 Å². The van der Waals surface area contributed by atoms with Crippen LogP contribution in [-0.4, -0.2) is 52.2 Å². The monoisotopic (exact) mass is 398 g/mol. The molecule has 0 amide bonds. The largest absolute Gasteiger partial charge is 0.496 e. The number of methoxy groups -OCH3 is 1. The number of rotatable bonds is 5. The van der Waals surface area contributed by atoms with Gasteiger partial charge in [-0.25, -0.2) is 13.3 Å². The number of benzene rings is 1. The standard InChI is InChI=1S/C22H24F2N4O/c1-29-21-3-2-19(23)22(24)18(21)14-27-13-16-12-26(8-6-20(16)27)11-15-5-9-28-17(10-15)4-7-25-28/h2-5,7,9-10,16,20H,6,8,11-14H2,1H3/t16-,20-/m0/s1. The second-order valence-electron chi connectivity index (χ2n) is 8.06. The van der Waals surface area contributed by atoms with Gasteiger partial charge in [-0.1, -0.05) is 0 Å². The van der Waals surface area contributed by atoms with Crippen molar-refractivity contribution >= 4 is 5.52 Å². The predicted molar refractivity (Wildman–Crippen MR) is 106 cm³/mol. The lowest BCUT2D eigenvalue weighted by Crippen LogP contribution is -2.62. The molecule has 3 aromatic rings. The van der Waals surface area contributed by atoms with Crippen LogP contribution in [0.5, 0.6) is 5.75 Å². The Labute approximate surface area is 168 Å². The molecule has 5 rings (SSSR count). The van der Waals surface area contributed by atoms with E-state index in [1.165, 1.54) is 18.7 Å². The first kappa shape index (κ1) is 18.5. The maximum Gasteiger partial charge on any atom is 0.167 e. The van der Waals surface area contributed by atoms with Gasteiger partial charge in [0.1, 0.15) is 5.75 Å². The fraction of sp³-hybridized carbons (Fsp3) is 0.409. The van der Waals surface area contributed by atoms with Crippen molar-refractivity contribution in [2.75, 3.05) is 26.7 Å². The summed E-state index contributed by atoms with van der Waals surface area (Å²) in [5, 5.41) is 4.24. The van der Waals surface area contributed by atoms with E-state index in [0.717, 1.165) is 44.2 Å². The van der Waals surface area contributed by atoms with Gasteiger partial charge in [-0.3, -0.25) is 9.80 Å². The molecule has 2 aromatic heterocycles. The Bertz CT molecular complexity index is 1040. The van der Waals surface area contributed by atoms with Crippen LogP contribution >= 0.6 is 0 Å². The van der Waals surface area contributed by atoms with E-state index in [1.54, 1.807) is 0 Å². The normalized spacial score (nSPS) is 22.4. The number of hydrogen-bond acceptors (Lipinski definition) is 4. The third-order valence-corrected chi connectivity index (χ3v) is 6.32. The molecule has 0 N–H and O–H groups in total. The number of pyridine rings is 1. The molecule has 2 saturated heterocycles. The Kier molecular flexibility index (Phi) is 4.72. The van der Waals surface area contributed by atoms with Crippen LogP contribution in [0.25, 0.3) is 5.52 Å². The number of ether oxygens (including phenoxy) is 1. The molecule has 2 aliphatic rings. The molecule has 29 heavy (non-hydrogen) atoms. The van der Waals surface area contributed by atoms with Crippen molar-refractivity contribution < 1.29 is 13.5 Å². The average molecular weight is 398 g/mol. The molecule has 152 valence electrons. The summed E-state index contributed by atoms with van der Waals surface area (Å²) in [7, 11) is 1.49. The maximum absolute atomic E-state index is 14.3. The highest BCUT2D eigenvalue weighted by Gasteiger charge is 2.42. The lowest BCUT2D eigenvalue weighted by atomic mass is 9.82. The third-order valence-electron chi connectivity index (χ3n) is 6.32. The zero-order chi connectivity index (χ0) is 20.0. The highest BCUT2D eigenvalue weighted by atomic mass is 19.2. The molecule has 0 unspecified atom stereocenters. The number of piperidine rings is 1. The molecular weight excluding hydrogens is 374 g/mol. The zero-order valence-corrected chi connectivity index (χ0v) is 16.4. The molecule has 2 aliphatic heterocycles. The molecule has 0 radical (unpaired) electrons. The van der Waals surface area contributed by atoms with Crippen LogP contribution in [0.1, 0.15) is 17.5 Å². The first-order valence-electron chi connectivity index (χ1n) is 10.0. The fourth-order valence-corrected chi connectivity index (χ4v) is 4.82. The minimum Gasteiger partial charge on any atom is -0.496 e. The SMILES string of the molecule is COc1ccc(F)c(F)c1CN1C[C@@H]2CN(Cc3ccn4nccc4c3)CC[C@@H]21. The molecule has 0 aliphatic carbocycles. The molecule has 2 atom stereocenters. The Morgan fingerprint density at radius 2 is 2.03 bits per heavy atom. The van der Waals surface area contributed by atoms with Crippen molar-refractivity contribution in [3.63, 3.8) is 0 Å². The molecule has 0 bridgehead atoms. The number of fused-ring (bicyclic) bond motifs is 2. The van der Waals surface area contributed by atoms with Crippen molar-refractivity contribution in [1.29, 1.82) is 0 Å². The van der Waals surface area contributed by atoms with Gasteiger partial charge in [0, 0.05) is 50.2 Å². The Morgan fingerprint density at radius 1 is 1.14 bits per heavy atom. The van der Waals surface area contributed by atoms with Crippen LogP contribution in [0, 0.1) is 17.6 Å². The first-order chi connectivity index (χ1) is 14.1. The molecule has 0 saturated carbocycles. The van der Waals surface area contributed by atoms with Crippen LogP contribution in [0.2, 0.25) is 0 Å². The second kappa shape index (κ2) is 7.39. The lowest BCUT2D eigenvalue weighted by Gasteiger charge is -2.53. The highest BCUT2D eigenvalue weighted by Crippen LogP contribution is 2.36. The summed E-state index contributed by atoms with van der Waals surface area (Å²) in [4.78, 5) is 4.74. The van der Waals surface area contributed by atoms with E-state index in [1.807, 2.05) is 23.0 Å². The van der Waals surface area contributed by atoms with Crippen molar-refractivity contribution in [1.82, 2.24) is 19.4 Å². The average Bonchev–Trinajstić information content (AvgIpc) is 3.17. The van der Waals surface area contributed by atoms with E-state index in [-0.39, 0.29) is 0 Å². The molecule has 1 aromatic carbocycles. The van der Waals surface area contributed by atoms with Gasteiger partial charge in [0.05, 0.1) is 12.6 Å². The van der Waals surface area contributed by atoms with E-state index in [2.05, 4.69) is 27.0 Å². The first-order valence-corrected chi connectivity index (χ1v) is 10.0. The van der Waals surface area contributed by atoms with E-state index in [4.69, 9.17) is 4.74 Å². The van der Waals surface area contributed by atoms with Crippen LogP contribution in [0.4, 0.5) is 8.78 Å². The molecule has 7 heteroatoms. The summed E-state index contributed by atoms with van der Waals surface area (Å²) in [6, 6.07) is 9.38. The number of aromatic nitrogens is 2. The maximum atomic E-state index is 14.3. The quantitative estimate of drug-likeness (QED) is 0.660. The number of likely N-dealkylation sites (tertiary alicyclic amines) is 2. The third kappa shape index (κ3) is 3.38. The van der Waals surface area contributed by atoms with Gasteiger partial charge < -0.3 is 4.74 Å². The number of halogens is 2. The van der Waals surface area contributed by atoms with E-state index in [9.17, 15) is 8.78 Å². The van der Waals surface area contributed by atoms with E-state index < -0.39 is 11.6 Å². The number of nitrogens with zero attached hydrogens (tertiary/aromatic N) is 4. The predicted octanol–water partition coefficient (Wildman–Crippen LogP) is 3.33. The summed E-state index contributed by atoms with van der Waals surface area (Å²) in [6.45, 7) is 4.27. The van der Waals surface area contributed by atoms with Gasteiger partial charge in [0.25, 0.3) is 0 Å². The smallest absolute Gasteiger partial charge is 0.167 e. The lowest BCUT2D eigenvalue weighted by molar-refractivity contribution is -0.0514. The van der Waals surface area contributed by atoms with Gasteiger partial charge in [-0.05, 0) is 54.8 Å². The summed E-state index contributed by atoms with van der Waals surface area (Å²) >= 11 is 0. The molecule has 4 heterocycles. The highest BCUT2D eigenvalue weighted by molar-refractivity contribution is 5.47. The Hall–Kier alpha value is -2.51. The van der Waals surface area contributed by atoms with Crippen LogP contribution in [-0.2, 0) is 13.1 Å². The Morgan fingerprint density at radius 3 is 2.86 bits per heavy atom. The summed E-state index contributed by atoms with van der Waals surface area (Å²) in [6.07, 6.45) is 4.85. The van der Waals surface area contributed by atoms with E-state index in [0.29, 0.717) is 29.8 Å². The Balaban J connectivity index is 1.21. The van der Waals surface area contributed by atoms with Crippen molar-refractivity contribution in [2.24, 2.45) is 5.92 Å². The van der Waals surface area contributed by atoms with Gasteiger partial charge in [-0.15, -0.1) is 0 Å². The van der Waals surface area contributed by atoms with Gasteiger partial charge in [0.2, 0.25) is 0 Å². The molecule has 5 nitrogen and oxygen atoms in total. The van der Waals surface area contributed by atoms with Gasteiger partial charge >= 0.3 is 0 Å². The van der Waals surface area contributed by atoms with E-state index >= 15 is 0 Å². The van der Waals surface area contributed by atoms with Gasteiger partial charge in [0.15, 0.2) is 11.6 Å². The number of hydrogen-bond donors (Lipinski definition) is 0. The minimum absolute atomic E-state index is 0.322. The van der Waals surface area contributed by atoms with Crippen LogP contribution < -0.4 is 4.74 Å². The zero-order valence-electron chi connectivity index (χ0n) is 16.4. The summed E-state index contributed by atoms with van der Waals surface area (Å²) in [5.41, 5.74) is 2.72. The molecular formula is C22H24F2N4O. The fourth-order valence-electron chi connectivity index (χ4n) is 4.82. The van der Waals surface area contributed by atoms with Crippen LogP contribution in [0.15, 0.2) is 42.7 Å². The second-order valence-corrected chi connectivity index (χ2v) is 8.06. The molecule has 2 fully saturated rings.